The van der Waals surface area contributed by atoms with Crippen LogP contribution in [-0.2, 0) is 0 Å². The van der Waals surface area contributed by atoms with Gasteiger partial charge >= 0.3 is 0 Å². The van der Waals surface area contributed by atoms with Gasteiger partial charge in [0.05, 0.1) is 0 Å². The third-order valence-electron chi connectivity index (χ3n) is 3.88. The van der Waals surface area contributed by atoms with E-state index in [2.05, 4.69) is 57.0 Å². The van der Waals surface area contributed by atoms with Gasteiger partial charge in [0.15, 0.2) is 0 Å². The Bertz CT molecular complexity index is 323. The highest BCUT2D eigenvalue weighted by Gasteiger charge is 2.22. The van der Waals surface area contributed by atoms with Crippen LogP contribution in [0.5, 0.6) is 0 Å². The van der Waals surface area contributed by atoms with E-state index in [4.69, 9.17) is 5.73 Å². The van der Waals surface area contributed by atoms with E-state index < -0.39 is 0 Å². The second-order valence-corrected chi connectivity index (χ2v) is 5.37. The predicted molar refractivity (Wildman–Crippen MR) is 79.5 cm³/mol. The van der Waals surface area contributed by atoms with Crippen LogP contribution in [0.25, 0.3) is 0 Å². The molecule has 2 nitrogen and oxygen atoms in total. The van der Waals surface area contributed by atoms with Crippen LogP contribution in [0.1, 0.15) is 45.2 Å². The molecule has 2 heteroatoms. The fourth-order valence-corrected chi connectivity index (χ4v) is 2.49. The molecule has 3 unspecified atom stereocenters. The summed E-state index contributed by atoms with van der Waals surface area (Å²) < 4.78 is 0. The first kappa shape index (κ1) is 15.2. The zero-order chi connectivity index (χ0) is 13.5. The average molecular weight is 248 g/mol. The SMILES string of the molecule is CCC(C)CN(C)C(CC)C(N)c1ccccc1. The molecule has 0 aromatic heterocycles. The van der Waals surface area contributed by atoms with Crippen molar-refractivity contribution in [2.24, 2.45) is 11.7 Å². The fourth-order valence-electron chi connectivity index (χ4n) is 2.49. The second kappa shape index (κ2) is 7.55. The summed E-state index contributed by atoms with van der Waals surface area (Å²) >= 11 is 0. The van der Waals surface area contributed by atoms with Crippen LogP contribution in [-0.4, -0.2) is 24.5 Å². The molecule has 0 heterocycles. The summed E-state index contributed by atoms with van der Waals surface area (Å²) in [5.41, 5.74) is 7.66. The van der Waals surface area contributed by atoms with Crippen LogP contribution >= 0.6 is 0 Å². The van der Waals surface area contributed by atoms with E-state index >= 15 is 0 Å². The molecule has 0 amide bonds. The molecule has 0 fully saturated rings. The van der Waals surface area contributed by atoms with E-state index in [9.17, 15) is 0 Å². The maximum absolute atomic E-state index is 6.43. The normalized spacial score (nSPS) is 16.6. The number of benzene rings is 1. The number of rotatable bonds is 7. The molecule has 2 N–H and O–H groups in total. The second-order valence-electron chi connectivity index (χ2n) is 5.37. The van der Waals surface area contributed by atoms with Gasteiger partial charge < -0.3 is 10.6 Å². The highest BCUT2D eigenvalue weighted by Crippen LogP contribution is 2.21. The van der Waals surface area contributed by atoms with Crippen LogP contribution in [0.15, 0.2) is 30.3 Å². The minimum absolute atomic E-state index is 0.102. The summed E-state index contributed by atoms with van der Waals surface area (Å²) in [6, 6.07) is 11.0. The molecule has 1 aromatic rings. The molecule has 0 aliphatic carbocycles. The maximum Gasteiger partial charge on any atom is 0.0452 e. The van der Waals surface area contributed by atoms with E-state index in [0.29, 0.717) is 6.04 Å². The van der Waals surface area contributed by atoms with E-state index in [-0.39, 0.29) is 6.04 Å². The molecule has 0 radical (unpaired) electrons. The van der Waals surface area contributed by atoms with Gasteiger partial charge in [0, 0.05) is 18.6 Å². The Kier molecular flexibility index (Phi) is 6.37. The van der Waals surface area contributed by atoms with Crippen molar-refractivity contribution < 1.29 is 0 Å². The molecule has 0 spiro atoms. The standard InChI is InChI=1S/C16H28N2/c1-5-13(3)12-18(4)15(6-2)16(17)14-10-8-7-9-11-14/h7-11,13,15-16H,5-6,12,17H2,1-4H3. The number of nitrogens with zero attached hydrogens (tertiary/aromatic N) is 1. The molecule has 0 aliphatic rings. The zero-order valence-electron chi connectivity index (χ0n) is 12.3. The molecular formula is C16H28N2. The van der Waals surface area contributed by atoms with Crippen LogP contribution in [0.2, 0.25) is 0 Å². The first-order valence-corrected chi connectivity index (χ1v) is 7.10. The lowest BCUT2D eigenvalue weighted by Crippen LogP contribution is -2.42. The largest absolute Gasteiger partial charge is 0.323 e. The lowest BCUT2D eigenvalue weighted by Gasteiger charge is -2.33. The lowest BCUT2D eigenvalue weighted by molar-refractivity contribution is 0.179. The average Bonchev–Trinajstić information content (AvgIpc) is 2.40. The van der Waals surface area contributed by atoms with Crippen LogP contribution < -0.4 is 5.73 Å². The van der Waals surface area contributed by atoms with Crippen molar-refractivity contribution in [1.29, 1.82) is 0 Å². The minimum Gasteiger partial charge on any atom is -0.323 e. The van der Waals surface area contributed by atoms with E-state index in [1.54, 1.807) is 0 Å². The van der Waals surface area contributed by atoms with Crippen LogP contribution in [0.4, 0.5) is 0 Å². The van der Waals surface area contributed by atoms with Gasteiger partial charge in [-0.1, -0.05) is 57.5 Å². The highest BCUT2D eigenvalue weighted by molar-refractivity contribution is 5.20. The Hall–Kier alpha value is -0.860. The summed E-state index contributed by atoms with van der Waals surface area (Å²) in [5, 5.41) is 0. The molecule has 1 aromatic carbocycles. The van der Waals surface area contributed by atoms with Crippen molar-refractivity contribution in [1.82, 2.24) is 4.90 Å². The van der Waals surface area contributed by atoms with E-state index in [1.807, 2.05) is 6.07 Å². The molecule has 1 rings (SSSR count). The smallest absolute Gasteiger partial charge is 0.0452 e. The van der Waals surface area contributed by atoms with Gasteiger partial charge in [-0.25, -0.2) is 0 Å². The number of nitrogens with two attached hydrogens (primary N) is 1. The summed E-state index contributed by atoms with van der Waals surface area (Å²) in [6.45, 7) is 7.89. The van der Waals surface area contributed by atoms with Gasteiger partial charge in [-0.2, -0.15) is 0 Å². The van der Waals surface area contributed by atoms with Gasteiger partial charge in [-0.05, 0) is 24.9 Å². The Morgan fingerprint density at radius 1 is 1.11 bits per heavy atom. The number of hydrogen-bond donors (Lipinski definition) is 1. The Morgan fingerprint density at radius 2 is 1.72 bits per heavy atom. The molecule has 102 valence electrons. The van der Waals surface area contributed by atoms with E-state index in [1.165, 1.54) is 12.0 Å². The summed E-state index contributed by atoms with van der Waals surface area (Å²) in [6.07, 6.45) is 2.31. The molecule has 0 bridgehead atoms. The van der Waals surface area contributed by atoms with Crippen molar-refractivity contribution in [2.45, 2.75) is 45.7 Å². The quantitative estimate of drug-likeness (QED) is 0.801. The zero-order valence-corrected chi connectivity index (χ0v) is 12.3. The highest BCUT2D eigenvalue weighted by atomic mass is 15.1. The maximum atomic E-state index is 6.43. The van der Waals surface area contributed by atoms with Crippen molar-refractivity contribution in [2.75, 3.05) is 13.6 Å². The Balaban J connectivity index is 2.70. The molecule has 0 aliphatic heterocycles. The van der Waals surface area contributed by atoms with Gasteiger partial charge in [0.1, 0.15) is 0 Å². The fraction of sp³-hybridized carbons (Fsp3) is 0.625. The van der Waals surface area contributed by atoms with Crippen molar-refractivity contribution in [3.8, 4) is 0 Å². The van der Waals surface area contributed by atoms with Crippen molar-refractivity contribution in [3.05, 3.63) is 35.9 Å². The Labute approximate surface area is 112 Å². The number of hydrogen-bond acceptors (Lipinski definition) is 2. The molecule has 18 heavy (non-hydrogen) atoms. The van der Waals surface area contributed by atoms with Gasteiger partial charge in [0.2, 0.25) is 0 Å². The van der Waals surface area contributed by atoms with E-state index in [0.717, 1.165) is 18.9 Å². The van der Waals surface area contributed by atoms with Crippen LogP contribution in [0, 0.1) is 5.92 Å². The molecular weight excluding hydrogens is 220 g/mol. The van der Waals surface area contributed by atoms with Gasteiger partial charge in [-0.15, -0.1) is 0 Å². The first-order chi connectivity index (χ1) is 8.60. The van der Waals surface area contributed by atoms with Crippen molar-refractivity contribution >= 4 is 0 Å². The van der Waals surface area contributed by atoms with Gasteiger partial charge in [-0.3, -0.25) is 0 Å². The summed E-state index contributed by atoms with van der Waals surface area (Å²) in [4.78, 5) is 2.42. The summed E-state index contributed by atoms with van der Waals surface area (Å²) in [7, 11) is 2.20. The minimum atomic E-state index is 0.102. The monoisotopic (exact) mass is 248 g/mol. The summed E-state index contributed by atoms with van der Waals surface area (Å²) in [5.74, 6) is 0.729. The van der Waals surface area contributed by atoms with Crippen LogP contribution in [0.3, 0.4) is 0 Å². The lowest BCUT2D eigenvalue weighted by atomic mass is 9.96. The number of likely N-dealkylation sites (N-methyl/N-ethyl adjacent to an activating group) is 1. The molecule has 0 saturated carbocycles. The van der Waals surface area contributed by atoms with Gasteiger partial charge in [0.25, 0.3) is 0 Å². The predicted octanol–water partition coefficient (Wildman–Crippen LogP) is 3.44. The third kappa shape index (κ3) is 4.11. The third-order valence-corrected chi connectivity index (χ3v) is 3.88. The van der Waals surface area contributed by atoms with Crippen molar-refractivity contribution in [3.63, 3.8) is 0 Å². The first-order valence-electron chi connectivity index (χ1n) is 7.10. The molecule has 3 atom stereocenters. The molecule has 0 saturated heterocycles. The topological polar surface area (TPSA) is 29.3 Å². The Morgan fingerprint density at radius 3 is 2.22 bits per heavy atom.